The highest BCUT2D eigenvalue weighted by Crippen LogP contribution is 2.61. The van der Waals surface area contributed by atoms with Gasteiger partial charge in [-0.3, -0.25) is 9.48 Å². The van der Waals surface area contributed by atoms with Crippen LogP contribution in [-0.4, -0.2) is 21.7 Å². The fourth-order valence-electron chi connectivity index (χ4n) is 6.19. The minimum Gasteiger partial charge on any atom is -0.347 e. The predicted molar refractivity (Wildman–Crippen MR) is 90.4 cm³/mol. The molecular formula is C18H26ClN3O. The Morgan fingerprint density at radius 1 is 1.35 bits per heavy atom. The maximum absolute atomic E-state index is 12.8. The van der Waals surface area contributed by atoms with Gasteiger partial charge in [0.05, 0.1) is 11.2 Å². The number of nitrogens with zero attached hydrogens (tertiary/aromatic N) is 2. The van der Waals surface area contributed by atoms with Crippen LogP contribution in [0.15, 0.2) is 6.20 Å². The highest BCUT2D eigenvalue weighted by Gasteiger charge is 2.54. The summed E-state index contributed by atoms with van der Waals surface area (Å²) in [5.41, 5.74) is 0.805. The Morgan fingerprint density at radius 2 is 1.91 bits per heavy atom. The molecule has 4 fully saturated rings. The van der Waals surface area contributed by atoms with Gasteiger partial charge in [-0.1, -0.05) is 18.5 Å². The van der Waals surface area contributed by atoms with Gasteiger partial charge in [-0.05, 0) is 68.1 Å². The number of carbonyl (C=O) groups is 1. The average molecular weight is 336 g/mol. The first-order valence-electron chi connectivity index (χ1n) is 8.99. The smallest absolute Gasteiger partial charge is 0.271 e. The first kappa shape index (κ1) is 15.5. The number of hydrogen-bond acceptors (Lipinski definition) is 2. The van der Waals surface area contributed by atoms with E-state index in [9.17, 15) is 4.79 Å². The first-order chi connectivity index (χ1) is 11.0. The summed E-state index contributed by atoms with van der Waals surface area (Å²) in [5.74, 6) is 2.62. The van der Waals surface area contributed by atoms with Gasteiger partial charge in [0.2, 0.25) is 0 Å². The number of nitrogens with one attached hydrogen (secondary N) is 1. The molecule has 5 heteroatoms. The van der Waals surface area contributed by atoms with Crippen LogP contribution in [0.1, 0.15) is 62.4 Å². The largest absolute Gasteiger partial charge is 0.347 e. The van der Waals surface area contributed by atoms with Crippen LogP contribution in [-0.2, 0) is 7.05 Å². The Labute approximate surface area is 143 Å². The Morgan fingerprint density at radius 3 is 2.35 bits per heavy atom. The normalized spacial score (nSPS) is 36.2. The van der Waals surface area contributed by atoms with Crippen LogP contribution in [0.4, 0.5) is 0 Å². The van der Waals surface area contributed by atoms with Gasteiger partial charge in [-0.2, -0.15) is 5.10 Å². The van der Waals surface area contributed by atoms with Crippen molar-refractivity contribution in [3.8, 4) is 0 Å². The molecule has 0 aliphatic heterocycles. The molecule has 4 aliphatic rings. The number of rotatable bonds is 4. The van der Waals surface area contributed by atoms with Gasteiger partial charge in [-0.15, -0.1) is 0 Å². The van der Waals surface area contributed by atoms with Crippen LogP contribution in [0.5, 0.6) is 0 Å². The third-order valence-corrected chi connectivity index (χ3v) is 6.92. The number of aromatic nitrogens is 2. The van der Waals surface area contributed by atoms with E-state index in [-0.39, 0.29) is 11.9 Å². The maximum Gasteiger partial charge on any atom is 0.271 e. The van der Waals surface area contributed by atoms with Crippen molar-refractivity contribution in [2.75, 3.05) is 0 Å². The van der Waals surface area contributed by atoms with Crippen molar-refractivity contribution in [1.29, 1.82) is 0 Å². The van der Waals surface area contributed by atoms with Crippen LogP contribution < -0.4 is 5.32 Å². The minimum atomic E-state index is -0.0717. The topological polar surface area (TPSA) is 46.9 Å². The Kier molecular flexibility index (Phi) is 3.71. The van der Waals surface area contributed by atoms with E-state index in [0.29, 0.717) is 16.1 Å². The molecule has 0 aromatic carbocycles. The highest BCUT2D eigenvalue weighted by molar-refractivity contribution is 6.33. The van der Waals surface area contributed by atoms with Crippen LogP contribution in [0.3, 0.4) is 0 Å². The summed E-state index contributed by atoms with van der Waals surface area (Å²) in [6, 6.07) is 0.259. The third-order valence-electron chi connectivity index (χ3n) is 6.65. The lowest BCUT2D eigenvalue weighted by molar-refractivity contribution is -0.0727. The second-order valence-electron chi connectivity index (χ2n) is 8.18. The van der Waals surface area contributed by atoms with E-state index < -0.39 is 0 Å². The van der Waals surface area contributed by atoms with Crippen LogP contribution in [0.2, 0.25) is 5.02 Å². The fourth-order valence-corrected chi connectivity index (χ4v) is 6.44. The Hall–Kier alpha value is -1.03. The van der Waals surface area contributed by atoms with Gasteiger partial charge < -0.3 is 5.32 Å². The molecule has 4 saturated carbocycles. The zero-order chi connectivity index (χ0) is 16.2. The van der Waals surface area contributed by atoms with E-state index in [2.05, 4.69) is 17.3 Å². The van der Waals surface area contributed by atoms with Crippen molar-refractivity contribution in [2.24, 2.45) is 30.2 Å². The summed E-state index contributed by atoms with van der Waals surface area (Å²) in [7, 11) is 1.77. The summed E-state index contributed by atoms with van der Waals surface area (Å²) in [6.07, 6.45) is 10.7. The van der Waals surface area contributed by atoms with Crippen molar-refractivity contribution in [1.82, 2.24) is 15.1 Å². The molecule has 1 amide bonds. The van der Waals surface area contributed by atoms with E-state index in [4.69, 9.17) is 11.6 Å². The fraction of sp³-hybridized carbons (Fsp3) is 0.778. The SMILES string of the molecule is CCC(NC(=O)c1c(Cl)cnn1C)C12CC3CC(CC(C3)C1)C2. The van der Waals surface area contributed by atoms with E-state index >= 15 is 0 Å². The van der Waals surface area contributed by atoms with Crippen molar-refractivity contribution in [3.05, 3.63) is 16.9 Å². The molecule has 1 N–H and O–H groups in total. The van der Waals surface area contributed by atoms with E-state index in [1.165, 1.54) is 38.5 Å². The van der Waals surface area contributed by atoms with Gasteiger partial charge in [-0.25, -0.2) is 0 Å². The molecule has 1 aromatic rings. The Balaban J connectivity index is 1.56. The number of halogens is 1. The molecule has 126 valence electrons. The standard InChI is InChI=1S/C18H26ClN3O/c1-3-15(21-17(23)16-14(19)10-20-22(16)2)18-7-11-4-12(8-18)6-13(5-11)9-18/h10-13,15H,3-9H2,1-2H3,(H,21,23). The summed E-state index contributed by atoms with van der Waals surface area (Å²) in [6.45, 7) is 2.20. The molecule has 1 atom stereocenters. The molecule has 4 nitrogen and oxygen atoms in total. The highest BCUT2D eigenvalue weighted by atomic mass is 35.5. The maximum atomic E-state index is 12.8. The summed E-state index contributed by atoms with van der Waals surface area (Å²) >= 11 is 6.14. The average Bonchev–Trinajstić information content (AvgIpc) is 2.82. The third kappa shape index (κ3) is 2.50. The van der Waals surface area contributed by atoms with Gasteiger partial charge in [0.15, 0.2) is 0 Å². The van der Waals surface area contributed by atoms with Crippen molar-refractivity contribution >= 4 is 17.5 Å². The van der Waals surface area contributed by atoms with Crippen molar-refractivity contribution in [3.63, 3.8) is 0 Å². The molecule has 4 bridgehead atoms. The molecule has 0 spiro atoms. The lowest BCUT2D eigenvalue weighted by Gasteiger charge is -2.59. The number of amides is 1. The molecule has 1 unspecified atom stereocenters. The second-order valence-corrected chi connectivity index (χ2v) is 8.59. The van der Waals surface area contributed by atoms with Crippen LogP contribution in [0, 0.1) is 23.2 Å². The van der Waals surface area contributed by atoms with Gasteiger partial charge in [0.1, 0.15) is 5.69 Å². The quantitative estimate of drug-likeness (QED) is 0.909. The van der Waals surface area contributed by atoms with Crippen molar-refractivity contribution in [2.45, 2.75) is 57.9 Å². The molecule has 0 saturated heterocycles. The second kappa shape index (κ2) is 5.51. The first-order valence-corrected chi connectivity index (χ1v) is 9.37. The van der Waals surface area contributed by atoms with E-state index in [1.54, 1.807) is 17.9 Å². The van der Waals surface area contributed by atoms with Crippen molar-refractivity contribution < 1.29 is 4.79 Å². The molecular weight excluding hydrogens is 310 g/mol. The predicted octanol–water partition coefficient (Wildman–Crippen LogP) is 3.80. The molecule has 4 aliphatic carbocycles. The lowest BCUT2D eigenvalue weighted by Crippen LogP contribution is -2.56. The van der Waals surface area contributed by atoms with Crippen LogP contribution in [0.25, 0.3) is 0 Å². The monoisotopic (exact) mass is 335 g/mol. The molecule has 1 heterocycles. The van der Waals surface area contributed by atoms with E-state index in [1.807, 2.05) is 0 Å². The lowest BCUT2D eigenvalue weighted by atomic mass is 9.47. The van der Waals surface area contributed by atoms with Gasteiger partial charge in [0.25, 0.3) is 5.91 Å². The zero-order valence-corrected chi connectivity index (χ0v) is 14.8. The number of carbonyl (C=O) groups excluding carboxylic acids is 1. The Bertz CT molecular complexity index is 569. The summed E-state index contributed by atoms with van der Waals surface area (Å²) in [5, 5.41) is 7.85. The number of hydrogen-bond donors (Lipinski definition) is 1. The van der Waals surface area contributed by atoms with Gasteiger partial charge in [0, 0.05) is 13.1 Å². The van der Waals surface area contributed by atoms with Crippen LogP contribution >= 0.6 is 11.6 Å². The summed E-state index contributed by atoms with van der Waals surface area (Å²) < 4.78 is 1.57. The summed E-state index contributed by atoms with van der Waals surface area (Å²) in [4.78, 5) is 12.8. The molecule has 5 rings (SSSR count). The zero-order valence-electron chi connectivity index (χ0n) is 14.0. The minimum absolute atomic E-state index is 0.0717. The van der Waals surface area contributed by atoms with Gasteiger partial charge >= 0.3 is 0 Å². The number of aryl methyl sites for hydroxylation is 1. The molecule has 23 heavy (non-hydrogen) atoms. The van der Waals surface area contributed by atoms with E-state index in [0.717, 1.165) is 24.2 Å². The molecule has 1 aromatic heterocycles. The molecule has 0 radical (unpaired) electrons.